The lowest BCUT2D eigenvalue weighted by Gasteiger charge is -1.94. The minimum atomic E-state index is -1.08. The lowest BCUT2D eigenvalue weighted by Crippen LogP contribution is -1.87. The Bertz CT molecular complexity index is 49.5. The quantitative estimate of drug-likeness (QED) is 0.640. The minimum absolute atomic E-state index is 0.684. The maximum absolute atomic E-state index is 5.22. The van der Waals surface area contributed by atoms with Crippen LogP contribution in [0.2, 0.25) is 0 Å². The van der Waals surface area contributed by atoms with Crippen LogP contribution in [-0.2, 0) is 0 Å². The van der Waals surface area contributed by atoms with Crippen molar-refractivity contribution in [3.8, 4) is 0 Å². The van der Waals surface area contributed by atoms with E-state index in [0.717, 1.165) is 6.42 Å². The van der Waals surface area contributed by atoms with Crippen molar-refractivity contribution in [1.82, 2.24) is 0 Å². The molecule has 0 N–H and O–H groups in total. The normalized spacial score (nSPS) is 10.2. The molecule has 0 heterocycles. The van der Waals surface area contributed by atoms with Gasteiger partial charge in [0.15, 0.2) is 3.79 Å². The molecule has 10 heavy (non-hydrogen) atoms. The van der Waals surface area contributed by atoms with Crippen LogP contribution in [0.4, 0.5) is 0 Å². The highest BCUT2D eigenvalue weighted by Gasteiger charge is 2.07. The fourth-order valence-corrected chi connectivity index (χ4v) is 0.455. The predicted molar refractivity (Wildman–Crippen MR) is 52.0 cm³/mol. The van der Waals surface area contributed by atoms with Crippen LogP contribution in [0.5, 0.6) is 0 Å². The summed E-state index contributed by atoms with van der Waals surface area (Å²) in [5.41, 5.74) is 0. The molecule has 0 fully saturated rings. The van der Waals surface area contributed by atoms with Crippen LogP contribution in [0, 0.1) is 0 Å². The summed E-state index contributed by atoms with van der Waals surface area (Å²) in [6.45, 7) is 1.48. The molecule has 0 unspecified atom stereocenters. The molecule has 0 spiro atoms. The lowest BCUT2D eigenvalue weighted by molar-refractivity contribution is 1.11. The highest BCUT2D eigenvalue weighted by Crippen LogP contribution is 2.23. The summed E-state index contributed by atoms with van der Waals surface area (Å²) in [7, 11) is 0. The zero-order valence-electron chi connectivity index (χ0n) is 5.51. The second kappa shape index (κ2) is 8.55. The van der Waals surface area contributed by atoms with Gasteiger partial charge in [0.2, 0.25) is 0 Å². The first-order chi connectivity index (χ1) is 4.41. The Morgan fingerprint density at radius 2 is 1.20 bits per heavy atom. The third-order valence-electron chi connectivity index (χ3n) is 0.267. The first-order valence-electron chi connectivity index (χ1n) is 2.60. The molecule has 0 aliphatic rings. The average Bonchev–Trinajstić information content (AvgIpc) is 1.63. The van der Waals surface area contributed by atoms with Gasteiger partial charge in [0.05, 0.1) is 0 Å². The van der Waals surface area contributed by atoms with Gasteiger partial charge in [-0.25, -0.2) is 0 Å². The van der Waals surface area contributed by atoms with Crippen molar-refractivity contribution in [3.05, 3.63) is 0 Å². The van der Waals surface area contributed by atoms with Gasteiger partial charge >= 0.3 is 0 Å². The molecule has 0 aromatic heterocycles. The Kier molecular flexibility index (Phi) is 12.0. The molecule has 64 valence electrons. The molecule has 0 aromatic carbocycles. The molecule has 0 radical (unpaired) electrons. The van der Waals surface area contributed by atoms with Crippen molar-refractivity contribution in [1.29, 1.82) is 0 Å². The predicted octanol–water partition coefficient (Wildman–Crippen LogP) is 4.23. The smallest absolute Gasteiger partial charge is 0.127 e. The third kappa shape index (κ3) is 56.7. The Morgan fingerprint density at radius 1 is 1.00 bits per heavy atom. The molecule has 0 amide bonds. The van der Waals surface area contributed by atoms with Gasteiger partial charge in [-0.3, -0.25) is 0 Å². The summed E-state index contributed by atoms with van der Waals surface area (Å²) in [6, 6.07) is 0. The Hall–Kier alpha value is 1.45. The SMILES string of the molecule is CC(Cl)(Cl)Cl.ClCCCCl. The van der Waals surface area contributed by atoms with Crippen LogP contribution < -0.4 is 0 Å². The van der Waals surface area contributed by atoms with Crippen molar-refractivity contribution in [2.45, 2.75) is 17.1 Å². The highest BCUT2D eigenvalue weighted by atomic mass is 35.6. The van der Waals surface area contributed by atoms with E-state index in [1.165, 1.54) is 6.92 Å². The lowest BCUT2D eigenvalue weighted by atomic mass is 10.6. The molecule has 5 heteroatoms. The molecule has 0 aliphatic heterocycles. The van der Waals surface area contributed by atoms with Crippen LogP contribution in [0.25, 0.3) is 0 Å². The zero-order valence-corrected chi connectivity index (χ0v) is 9.29. The van der Waals surface area contributed by atoms with Crippen LogP contribution >= 0.6 is 58.0 Å². The molecule has 0 bridgehead atoms. The molecular weight excluding hydrogens is 237 g/mol. The van der Waals surface area contributed by atoms with Gasteiger partial charge in [-0.15, -0.1) is 23.2 Å². The molecular formula is C5H9Cl5. The summed E-state index contributed by atoms with van der Waals surface area (Å²) < 4.78 is -1.08. The Labute approximate surface area is 86.7 Å². The maximum Gasteiger partial charge on any atom is 0.187 e. The van der Waals surface area contributed by atoms with Gasteiger partial charge in [-0.2, -0.15) is 0 Å². The molecule has 0 nitrogen and oxygen atoms in total. The average molecular weight is 246 g/mol. The molecule has 0 saturated heterocycles. The second-order valence-corrected chi connectivity index (χ2v) is 5.12. The number of alkyl halides is 5. The highest BCUT2D eigenvalue weighted by molar-refractivity contribution is 6.67. The van der Waals surface area contributed by atoms with Crippen molar-refractivity contribution in [2.75, 3.05) is 11.8 Å². The summed E-state index contributed by atoms with van der Waals surface area (Å²) in [4.78, 5) is 0. The van der Waals surface area contributed by atoms with Crippen molar-refractivity contribution >= 4 is 58.0 Å². The van der Waals surface area contributed by atoms with E-state index >= 15 is 0 Å². The van der Waals surface area contributed by atoms with Crippen LogP contribution in [0.1, 0.15) is 13.3 Å². The monoisotopic (exact) mass is 244 g/mol. The Morgan fingerprint density at radius 3 is 1.20 bits per heavy atom. The largest absolute Gasteiger partial charge is 0.187 e. The molecule has 0 rings (SSSR count). The third-order valence-corrected chi connectivity index (χ3v) is 0.802. The molecule has 0 saturated carbocycles. The van der Waals surface area contributed by atoms with Gasteiger partial charge in [-0.05, 0) is 13.3 Å². The van der Waals surface area contributed by atoms with Gasteiger partial charge in [0, 0.05) is 11.8 Å². The van der Waals surface area contributed by atoms with E-state index in [-0.39, 0.29) is 0 Å². The van der Waals surface area contributed by atoms with E-state index in [1.54, 1.807) is 0 Å². The van der Waals surface area contributed by atoms with Crippen molar-refractivity contribution in [2.24, 2.45) is 0 Å². The zero-order chi connectivity index (χ0) is 8.62. The van der Waals surface area contributed by atoms with E-state index < -0.39 is 3.79 Å². The van der Waals surface area contributed by atoms with Gasteiger partial charge < -0.3 is 0 Å². The minimum Gasteiger partial charge on any atom is -0.127 e. The standard InChI is InChI=1S/C3H6Cl2.C2H3Cl3/c4-2-1-3-5;1-2(3,4)5/h1-3H2;1H3. The first-order valence-corrected chi connectivity index (χ1v) is 4.80. The fraction of sp³-hybridized carbons (Fsp3) is 1.00. The number of hydrogen-bond donors (Lipinski definition) is 0. The van der Waals surface area contributed by atoms with Crippen LogP contribution in [-0.4, -0.2) is 15.6 Å². The van der Waals surface area contributed by atoms with Gasteiger partial charge in [-0.1, -0.05) is 34.8 Å². The summed E-state index contributed by atoms with van der Waals surface area (Å²) in [5.74, 6) is 1.37. The van der Waals surface area contributed by atoms with Gasteiger partial charge in [0.25, 0.3) is 0 Å². The van der Waals surface area contributed by atoms with Crippen molar-refractivity contribution in [3.63, 3.8) is 0 Å². The Balaban J connectivity index is 0. The topological polar surface area (TPSA) is 0 Å². The summed E-state index contributed by atoms with van der Waals surface area (Å²) in [6.07, 6.45) is 0.920. The molecule has 0 atom stereocenters. The molecule has 0 aliphatic carbocycles. The van der Waals surface area contributed by atoms with Crippen LogP contribution in [0.15, 0.2) is 0 Å². The van der Waals surface area contributed by atoms with E-state index in [1.807, 2.05) is 0 Å². The summed E-state index contributed by atoms with van der Waals surface area (Å²) in [5, 5.41) is 0. The van der Waals surface area contributed by atoms with E-state index in [9.17, 15) is 0 Å². The fourth-order valence-electron chi connectivity index (χ4n) is 0.0505. The van der Waals surface area contributed by atoms with E-state index in [0.29, 0.717) is 11.8 Å². The summed E-state index contributed by atoms with van der Waals surface area (Å²) >= 11 is 25.6. The van der Waals surface area contributed by atoms with Crippen molar-refractivity contribution < 1.29 is 0 Å². The maximum atomic E-state index is 5.22. The number of rotatable bonds is 2. The van der Waals surface area contributed by atoms with E-state index in [2.05, 4.69) is 0 Å². The van der Waals surface area contributed by atoms with E-state index in [4.69, 9.17) is 58.0 Å². The molecule has 0 aromatic rings. The van der Waals surface area contributed by atoms with Crippen LogP contribution in [0.3, 0.4) is 0 Å². The first kappa shape index (κ1) is 14.0. The second-order valence-electron chi connectivity index (χ2n) is 1.51. The van der Waals surface area contributed by atoms with Gasteiger partial charge in [0.1, 0.15) is 0 Å². The number of halogens is 5. The number of hydrogen-bond acceptors (Lipinski definition) is 0.